The van der Waals surface area contributed by atoms with Crippen LogP contribution in [0.4, 0.5) is 0 Å². The third-order valence-corrected chi connectivity index (χ3v) is 4.90. The zero-order valence-electron chi connectivity index (χ0n) is 12.1. The topological polar surface area (TPSA) is 15.3 Å². The summed E-state index contributed by atoms with van der Waals surface area (Å²) in [4.78, 5) is 2.71. The van der Waals surface area contributed by atoms with Gasteiger partial charge in [0.1, 0.15) is 0 Å². The maximum absolute atomic E-state index is 3.67. The molecule has 1 saturated heterocycles. The highest BCUT2D eigenvalue weighted by molar-refractivity contribution is 4.86. The second kappa shape index (κ2) is 5.71. The van der Waals surface area contributed by atoms with E-state index in [-0.39, 0.29) is 0 Å². The first-order valence-corrected chi connectivity index (χ1v) is 7.55. The number of rotatable bonds is 6. The van der Waals surface area contributed by atoms with Crippen molar-refractivity contribution >= 4 is 0 Å². The SMILES string of the molecule is CC(C)C1CCN(C(C)C(C)CNC2CC2)C1. The second-order valence-corrected chi connectivity index (χ2v) is 6.69. The van der Waals surface area contributed by atoms with Crippen LogP contribution in [0, 0.1) is 17.8 Å². The molecule has 1 saturated carbocycles. The molecule has 0 radical (unpaired) electrons. The molecule has 0 aromatic rings. The predicted octanol–water partition coefficient (Wildman–Crippen LogP) is 2.74. The number of hydrogen-bond acceptors (Lipinski definition) is 2. The van der Waals surface area contributed by atoms with Gasteiger partial charge in [-0.3, -0.25) is 0 Å². The Labute approximate surface area is 107 Å². The average molecular weight is 238 g/mol. The van der Waals surface area contributed by atoms with Gasteiger partial charge >= 0.3 is 0 Å². The predicted molar refractivity (Wildman–Crippen MR) is 74.2 cm³/mol. The molecule has 2 aliphatic rings. The van der Waals surface area contributed by atoms with Gasteiger partial charge in [-0.15, -0.1) is 0 Å². The summed E-state index contributed by atoms with van der Waals surface area (Å²) in [6.45, 7) is 13.4. The van der Waals surface area contributed by atoms with E-state index in [1.54, 1.807) is 0 Å². The van der Waals surface area contributed by atoms with Crippen molar-refractivity contribution in [3.63, 3.8) is 0 Å². The summed E-state index contributed by atoms with van der Waals surface area (Å²) in [6.07, 6.45) is 4.21. The molecule has 0 spiro atoms. The van der Waals surface area contributed by atoms with Gasteiger partial charge in [-0.25, -0.2) is 0 Å². The number of nitrogens with one attached hydrogen (secondary N) is 1. The molecule has 1 aliphatic heterocycles. The van der Waals surface area contributed by atoms with E-state index in [1.807, 2.05) is 0 Å². The van der Waals surface area contributed by atoms with Gasteiger partial charge < -0.3 is 10.2 Å². The molecule has 0 bridgehead atoms. The fraction of sp³-hybridized carbons (Fsp3) is 1.00. The van der Waals surface area contributed by atoms with E-state index in [4.69, 9.17) is 0 Å². The molecule has 2 nitrogen and oxygen atoms in total. The Hall–Kier alpha value is -0.0800. The Bertz CT molecular complexity index is 235. The third-order valence-electron chi connectivity index (χ3n) is 4.90. The Morgan fingerprint density at radius 2 is 1.82 bits per heavy atom. The molecule has 1 N–H and O–H groups in total. The normalized spacial score (nSPS) is 29.8. The quantitative estimate of drug-likeness (QED) is 0.765. The van der Waals surface area contributed by atoms with E-state index < -0.39 is 0 Å². The fourth-order valence-corrected chi connectivity index (χ4v) is 2.90. The molecule has 2 rings (SSSR count). The lowest BCUT2D eigenvalue weighted by atomic mass is 9.95. The molecule has 0 amide bonds. The van der Waals surface area contributed by atoms with Crippen LogP contribution in [0.3, 0.4) is 0 Å². The highest BCUT2D eigenvalue weighted by Gasteiger charge is 2.30. The highest BCUT2D eigenvalue weighted by atomic mass is 15.2. The van der Waals surface area contributed by atoms with Crippen LogP contribution in [-0.2, 0) is 0 Å². The number of likely N-dealkylation sites (tertiary alicyclic amines) is 1. The van der Waals surface area contributed by atoms with Crippen LogP contribution in [0.25, 0.3) is 0 Å². The van der Waals surface area contributed by atoms with Crippen molar-refractivity contribution in [3.8, 4) is 0 Å². The van der Waals surface area contributed by atoms with Crippen LogP contribution in [0.15, 0.2) is 0 Å². The van der Waals surface area contributed by atoms with Crippen molar-refractivity contribution in [3.05, 3.63) is 0 Å². The first-order chi connectivity index (χ1) is 8.08. The first kappa shape index (κ1) is 13.4. The van der Waals surface area contributed by atoms with Gasteiger partial charge in [0, 0.05) is 18.6 Å². The Kier molecular flexibility index (Phi) is 4.48. The van der Waals surface area contributed by atoms with Crippen molar-refractivity contribution in [1.29, 1.82) is 0 Å². The smallest absolute Gasteiger partial charge is 0.0105 e. The number of hydrogen-bond donors (Lipinski definition) is 1. The molecular weight excluding hydrogens is 208 g/mol. The Morgan fingerprint density at radius 3 is 2.35 bits per heavy atom. The van der Waals surface area contributed by atoms with Crippen molar-refractivity contribution < 1.29 is 0 Å². The van der Waals surface area contributed by atoms with Gasteiger partial charge in [0.2, 0.25) is 0 Å². The maximum Gasteiger partial charge on any atom is 0.0105 e. The minimum absolute atomic E-state index is 0.741. The first-order valence-electron chi connectivity index (χ1n) is 7.55. The molecule has 17 heavy (non-hydrogen) atoms. The van der Waals surface area contributed by atoms with Crippen molar-refractivity contribution in [2.75, 3.05) is 19.6 Å². The summed E-state index contributed by atoms with van der Waals surface area (Å²) >= 11 is 0. The molecule has 0 aromatic carbocycles. The summed E-state index contributed by atoms with van der Waals surface area (Å²) in [7, 11) is 0. The van der Waals surface area contributed by atoms with Crippen molar-refractivity contribution in [2.24, 2.45) is 17.8 Å². The molecule has 2 heteroatoms. The lowest BCUT2D eigenvalue weighted by Gasteiger charge is -2.30. The Balaban J connectivity index is 1.72. The van der Waals surface area contributed by atoms with Gasteiger partial charge in [-0.1, -0.05) is 20.8 Å². The average Bonchev–Trinajstić information content (AvgIpc) is 2.99. The van der Waals surface area contributed by atoms with Crippen molar-refractivity contribution in [1.82, 2.24) is 10.2 Å². The summed E-state index contributed by atoms with van der Waals surface area (Å²) in [5.41, 5.74) is 0. The van der Waals surface area contributed by atoms with Crippen LogP contribution in [0.1, 0.15) is 47.0 Å². The van der Waals surface area contributed by atoms with E-state index in [1.165, 1.54) is 38.9 Å². The summed E-state index contributed by atoms with van der Waals surface area (Å²) < 4.78 is 0. The minimum atomic E-state index is 0.741. The molecule has 1 heterocycles. The van der Waals surface area contributed by atoms with Crippen LogP contribution < -0.4 is 5.32 Å². The van der Waals surface area contributed by atoms with Gasteiger partial charge in [-0.05, 0) is 57.0 Å². The number of nitrogens with zero attached hydrogens (tertiary/aromatic N) is 1. The van der Waals surface area contributed by atoms with Gasteiger partial charge in [0.25, 0.3) is 0 Å². The van der Waals surface area contributed by atoms with E-state index in [9.17, 15) is 0 Å². The minimum Gasteiger partial charge on any atom is -0.314 e. The molecule has 100 valence electrons. The zero-order valence-corrected chi connectivity index (χ0v) is 12.1. The molecular formula is C15H30N2. The summed E-state index contributed by atoms with van der Waals surface area (Å²) in [5.74, 6) is 2.56. The standard InChI is InChI=1S/C15H30N2/c1-11(2)14-7-8-17(10-14)13(4)12(3)9-16-15-5-6-15/h11-16H,5-10H2,1-4H3. The summed E-state index contributed by atoms with van der Waals surface area (Å²) in [6, 6.07) is 1.59. The van der Waals surface area contributed by atoms with Crippen LogP contribution in [0.5, 0.6) is 0 Å². The van der Waals surface area contributed by atoms with Gasteiger partial charge in [0.15, 0.2) is 0 Å². The largest absolute Gasteiger partial charge is 0.314 e. The molecule has 3 atom stereocenters. The maximum atomic E-state index is 3.67. The van der Waals surface area contributed by atoms with Crippen LogP contribution >= 0.6 is 0 Å². The second-order valence-electron chi connectivity index (χ2n) is 6.69. The molecule has 1 aliphatic carbocycles. The Morgan fingerprint density at radius 1 is 1.12 bits per heavy atom. The molecule has 0 aromatic heterocycles. The van der Waals surface area contributed by atoms with Crippen molar-refractivity contribution in [2.45, 2.75) is 59.0 Å². The highest BCUT2D eigenvalue weighted by Crippen LogP contribution is 2.27. The van der Waals surface area contributed by atoms with E-state index >= 15 is 0 Å². The molecule has 2 fully saturated rings. The fourth-order valence-electron chi connectivity index (χ4n) is 2.90. The lowest BCUT2D eigenvalue weighted by molar-refractivity contribution is 0.183. The monoisotopic (exact) mass is 238 g/mol. The van der Waals surface area contributed by atoms with Crippen LogP contribution in [-0.4, -0.2) is 36.6 Å². The van der Waals surface area contributed by atoms with Crippen LogP contribution in [0.2, 0.25) is 0 Å². The zero-order chi connectivity index (χ0) is 12.4. The third kappa shape index (κ3) is 3.69. The van der Waals surface area contributed by atoms with Gasteiger partial charge in [0.05, 0.1) is 0 Å². The van der Waals surface area contributed by atoms with E-state index in [2.05, 4.69) is 37.9 Å². The van der Waals surface area contributed by atoms with E-state index in [0.29, 0.717) is 0 Å². The summed E-state index contributed by atoms with van der Waals surface area (Å²) in [5, 5.41) is 3.67. The lowest BCUT2D eigenvalue weighted by Crippen LogP contribution is -2.40. The van der Waals surface area contributed by atoms with E-state index in [0.717, 1.165) is 29.8 Å². The molecule has 3 unspecified atom stereocenters. The van der Waals surface area contributed by atoms with Gasteiger partial charge in [-0.2, -0.15) is 0 Å².